The standard InChI is InChI=1S/C12H17ClN4O2/c13-9-5-15-17-2-1-16(7-10(9)17)12(19)3-8-4-14-6-11(8)18/h5,8,11,14,18H,1-4,6-7H2/t8-,11-/m1/s1. The monoisotopic (exact) mass is 284 g/mol. The molecule has 2 aliphatic rings. The van der Waals surface area contributed by atoms with Gasteiger partial charge in [0.05, 0.1) is 36.1 Å². The molecule has 2 aliphatic heterocycles. The molecule has 2 N–H and O–H groups in total. The van der Waals surface area contributed by atoms with E-state index in [1.165, 1.54) is 0 Å². The van der Waals surface area contributed by atoms with Crippen LogP contribution in [0.2, 0.25) is 5.02 Å². The van der Waals surface area contributed by atoms with Gasteiger partial charge in [0.25, 0.3) is 0 Å². The van der Waals surface area contributed by atoms with E-state index in [-0.39, 0.29) is 11.8 Å². The van der Waals surface area contributed by atoms with Crippen LogP contribution in [0.25, 0.3) is 0 Å². The van der Waals surface area contributed by atoms with Gasteiger partial charge in [0, 0.05) is 32.0 Å². The van der Waals surface area contributed by atoms with E-state index in [1.807, 2.05) is 4.68 Å². The number of rotatable bonds is 2. The van der Waals surface area contributed by atoms with Gasteiger partial charge in [-0.2, -0.15) is 5.10 Å². The van der Waals surface area contributed by atoms with Crippen LogP contribution in [-0.4, -0.2) is 51.4 Å². The highest BCUT2D eigenvalue weighted by atomic mass is 35.5. The first kappa shape index (κ1) is 12.9. The zero-order valence-electron chi connectivity index (χ0n) is 10.5. The lowest BCUT2D eigenvalue weighted by Gasteiger charge is -2.29. The second-order valence-corrected chi connectivity index (χ2v) is 5.57. The van der Waals surface area contributed by atoms with Crippen LogP contribution in [0.15, 0.2) is 6.20 Å². The third kappa shape index (κ3) is 2.48. The fourth-order valence-electron chi connectivity index (χ4n) is 2.71. The molecule has 0 aromatic carbocycles. The van der Waals surface area contributed by atoms with Gasteiger partial charge < -0.3 is 15.3 Å². The summed E-state index contributed by atoms with van der Waals surface area (Å²) >= 11 is 6.05. The Morgan fingerprint density at radius 3 is 3.11 bits per heavy atom. The Bertz CT molecular complexity index is 490. The molecule has 1 fully saturated rings. The number of nitrogens with zero attached hydrogens (tertiary/aromatic N) is 3. The van der Waals surface area contributed by atoms with E-state index in [0.29, 0.717) is 44.2 Å². The van der Waals surface area contributed by atoms with Gasteiger partial charge in [-0.3, -0.25) is 9.48 Å². The maximum atomic E-state index is 12.3. The predicted octanol–water partition coefficient (Wildman–Crippen LogP) is -0.151. The lowest BCUT2D eigenvalue weighted by atomic mass is 10.0. The number of halogens is 1. The van der Waals surface area contributed by atoms with Gasteiger partial charge in [-0.15, -0.1) is 0 Å². The summed E-state index contributed by atoms with van der Waals surface area (Å²) in [5, 5.41) is 17.6. The summed E-state index contributed by atoms with van der Waals surface area (Å²) in [7, 11) is 0. The van der Waals surface area contributed by atoms with Crippen LogP contribution in [0.3, 0.4) is 0 Å². The maximum absolute atomic E-state index is 12.3. The summed E-state index contributed by atoms with van der Waals surface area (Å²) in [6, 6.07) is 0. The smallest absolute Gasteiger partial charge is 0.223 e. The Balaban J connectivity index is 1.64. The first-order chi connectivity index (χ1) is 9.15. The number of carbonyl (C=O) groups excluding carboxylic acids is 1. The van der Waals surface area contributed by atoms with Crippen molar-refractivity contribution in [2.45, 2.75) is 25.6 Å². The van der Waals surface area contributed by atoms with Gasteiger partial charge in [-0.1, -0.05) is 11.6 Å². The molecule has 0 spiro atoms. The van der Waals surface area contributed by atoms with E-state index in [9.17, 15) is 9.90 Å². The second kappa shape index (κ2) is 5.11. The predicted molar refractivity (Wildman–Crippen MR) is 69.6 cm³/mol. The highest BCUT2D eigenvalue weighted by Gasteiger charge is 2.30. The normalized spacial score (nSPS) is 26.5. The lowest BCUT2D eigenvalue weighted by molar-refractivity contribution is -0.134. The third-order valence-electron chi connectivity index (χ3n) is 3.91. The number of aromatic nitrogens is 2. The molecule has 0 unspecified atom stereocenters. The number of fused-ring (bicyclic) bond motifs is 1. The van der Waals surface area contributed by atoms with Crippen LogP contribution in [-0.2, 0) is 17.9 Å². The summed E-state index contributed by atoms with van der Waals surface area (Å²) in [4.78, 5) is 14.1. The Labute approximate surface area is 116 Å². The Morgan fingerprint density at radius 2 is 2.37 bits per heavy atom. The second-order valence-electron chi connectivity index (χ2n) is 5.17. The molecule has 1 aromatic heterocycles. The molecule has 1 saturated heterocycles. The molecular weight excluding hydrogens is 268 g/mol. The van der Waals surface area contributed by atoms with Gasteiger partial charge in [0.1, 0.15) is 0 Å². The van der Waals surface area contributed by atoms with Gasteiger partial charge in [0.2, 0.25) is 5.91 Å². The van der Waals surface area contributed by atoms with Crippen LogP contribution in [0, 0.1) is 5.92 Å². The van der Waals surface area contributed by atoms with Gasteiger partial charge in [-0.05, 0) is 0 Å². The van der Waals surface area contributed by atoms with Crippen molar-refractivity contribution in [2.24, 2.45) is 5.92 Å². The molecule has 0 bridgehead atoms. The quantitative estimate of drug-likeness (QED) is 0.792. The minimum Gasteiger partial charge on any atom is -0.391 e. The summed E-state index contributed by atoms with van der Waals surface area (Å²) in [5.41, 5.74) is 0.895. The van der Waals surface area contributed by atoms with E-state index < -0.39 is 6.10 Å². The molecule has 0 radical (unpaired) electrons. The van der Waals surface area contributed by atoms with E-state index >= 15 is 0 Å². The summed E-state index contributed by atoms with van der Waals surface area (Å²) in [6.45, 7) is 3.13. The first-order valence-corrected chi connectivity index (χ1v) is 6.89. The Morgan fingerprint density at radius 1 is 1.53 bits per heavy atom. The van der Waals surface area contributed by atoms with E-state index in [2.05, 4.69) is 10.4 Å². The molecule has 3 heterocycles. The minimum atomic E-state index is -0.414. The maximum Gasteiger partial charge on any atom is 0.223 e. The number of carbonyl (C=O) groups is 1. The Hall–Kier alpha value is -1.11. The van der Waals surface area contributed by atoms with Crippen LogP contribution in [0.5, 0.6) is 0 Å². The van der Waals surface area contributed by atoms with Crippen LogP contribution in [0.1, 0.15) is 12.1 Å². The van der Waals surface area contributed by atoms with Gasteiger partial charge in [0.15, 0.2) is 0 Å². The number of hydrogen-bond donors (Lipinski definition) is 2. The molecule has 104 valence electrons. The fraction of sp³-hybridized carbons (Fsp3) is 0.667. The number of nitrogens with one attached hydrogen (secondary N) is 1. The molecule has 6 nitrogen and oxygen atoms in total. The molecule has 19 heavy (non-hydrogen) atoms. The highest BCUT2D eigenvalue weighted by Crippen LogP contribution is 2.22. The minimum absolute atomic E-state index is 0.0230. The zero-order chi connectivity index (χ0) is 13.4. The topological polar surface area (TPSA) is 70.4 Å². The van der Waals surface area contributed by atoms with Crippen LogP contribution >= 0.6 is 11.6 Å². The SMILES string of the molecule is O=C(C[C@@H]1CNC[C@H]1O)N1CCn2ncc(Cl)c2C1. The van der Waals surface area contributed by atoms with E-state index in [4.69, 9.17) is 11.6 Å². The number of aliphatic hydroxyl groups excluding tert-OH is 1. The van der Waals surface area contributed by atoms with Crippen molar-refractivity contribution in [3.8, 4) is 0 Å². The van der Waals surface area contributed by atoms with Crippen LogP contribution < -0.4 is 5.32 Å². The largest absolute Gasteiger partial charge is 0.391 e. The van der Waals surface area contributed by atoms with Crippen molar-refractivity contribution in [1.82, 2.24) is 20.0 Å². The number of aliphatic hydroxyl groups is 1. The van der Waals surface area contributed by atoms with Crippen molar-refractivity contribution in [3.05, 3.63) is 16.9 Å². The first-order valence-electron chi connectivity index (χ1n) is 6.52. The fourth-order valence-corrected chi connectivity index (χ4v) is 2.91. The summed E-state index contributed by atoms with van der Waals surface area (Å²) < 4.78 is 1.85. The number of β-amino-alcohol motifs (C(OH)–C–C–N with tert-alkyl or cyclic N) is 1. The van der Waals surface area contributed by atoms with Crippen molar-refractivity contribution in [2.75, 3.05) is 19.6 Å². The van der Waals surface area contributed by atoms with Gasteiger partial charge >= 0.3 is 0 Å². The highest BCUT2D eigenvalue weighted by molar-refractivity contribution is 6.31. The molecular formula is C12H17ClN4O2. The van der Waals surface area contributed by atoms with E-state index in [0.717, 1.165) is 5.69 Å². The molecule has 0 saturated carbocycles. The van der Waals surface area contributed by atoms with Crippen molar-refractivity contribution >= 4 is 17.5 Å². The molecule has 1 aromatic rings. The Kier molecular flexibility index (Phi) is 3.47. The zero-order valence-corrected chi connectivity index (χ0v) is 11.3. The van der Waals surface area contributed by atoms with E-state index in [1.54, 1.807) is 11.1 Å². The summed E-state index contributed by atoms with van der Waals surface area (Å²) in [6.07, 6.45) is 1.60. The number of amides is 1. The lowest BCUT2D eigenvalue weighted by Crippen LogP contribution is -2.40. The molecule has 1 amide bonds. The van der Waals surface area contributed by atoms with Crippen LogP contribution in [0.4, 0.5) is 0 Å². The average molecular weight is 285 g/mol. The average Bonchev–Trinajstić information content (AvgIpc) is 2.97. The third-order valence-corrected chi connectivity index (χ3v) is 4.23. The molecule has 3 rings (SSSR count). The molecule has 2 atom stereocenters. The van der Waals surface area contributed by atoms with Crippen molar-refractivity contribution < 1.29 is 9.90 Å². The molecule has 0 aliphatic carbocycles. The van der Waals surface area contributed by atoms with Crippen molar-refractivity contribution in [3.63, 3.8) is 0 Å². The number of hydrogen-bond acceptors (Lipinski definition) is 4. The van der Waals surface area contributed by atoms with Gasteiger partial charge in [-0.25, -0.2) is 0 Å². The molecule has 7 heteroatoms. The summed E-state index contributed by atoms with van der Waals surface area (Å²) in [5.74, 6) is 0.103. The van der Waals surface area contributed by atoms with Crippen molar-refractivity contribution in [1.29, 1.82) is 0 Å².